The molecule has 3 unspecified atom stereocenters. The van der Waals surface area contributed by atoms with Crippen LogP contribution in [0, 0.1) is 11.8 Å². The van der Waals surface area contributed by atoms with Crippen molar-refractivity contribution in [3.63, 3.8) is 0 Å². The molecule has 0 aromatic carbocycles. The number of amides is 1. The lowest BCUT2D eigenvalue weighted by Gasteiger charge is -2.25. The van der Waals surface area contributed by atoms with Gasteiger partial charge < -0.3 is 15.7 Å². The molecule has 0 spiro atoms. The van der Waals surface area contributed by atoms with Gasteiger partial charge in [-0.1, -0.05) is 6.42 Å². The highest BCUT2D eigenvalue weighted by Crippen LogP contribution is 2.43. The third kappa shape index (κ3) is 2.01. The molecule has 2 heterocycles. The Balaban J connectivity index is 1.94. The topological polar surface area (TPSA) is 96.5 Å². The summed E-state index contributed by atoms with van der Waals surface area (Å²) in [6.07, 6.45) is 4.62. The number of fused-ring (bicyclic) bond motifs is 1. The SMILES string of the molecule is NC(=O)c1ccnc(N2CC3CCCC3C2C(=O)O)c1. The van der Waals surface area contributed by atoms with Gasteiger partial charge in [0.1, 0.15) is 11.9 Å². The van der Waals surface area contributed by atoms with Crippen LogP contribution in [0.25, 0.3) is 0 Å². The van der Waals surface area contributed by atoms with Crippen LogP contribution in [0.15, 0.2) is 18.3 Å². The summed E-state index contributed by atoms with van der Waals surface area (Å²) in [6.45, 7) is 0.691. The summed E-state index contributed by atoms with van der Waals surface area (Å²) in [6, 6.07) is 2.58. The molecule has 106 valence electrons. The Bertz CT molecular complexity index is 560. The highest BCUT2D eigenvalue weighted by atomic mass is 16.4. The molecule has 1 aromatic heterocycles. The van der Waals surface area contributed by atoms with Gasteiger partial charge in [0.25, 0.3) is 0 Å². The van der Waals surface area contributed by atoms with E-state index >= 15 is 0 Å². The average molecular weight is 275 g/mol. The van der Waals surface area contributed by atoms with E-state index in [1.165, 1.54) is 6.20 Å². The second kappa shape index (κ2) is 4.77. The van der Waals surface area contributed by atoms with Crippen LogP contribution >= 0.6 is 0 Å². The molecule has 0 bridgehead atoms. The summed E-state index contributed by atoms with van der Waals surface area (Å²) in [5.41, 5.74) is 5.62. The van der Waals surface area contributed by atoms with Gasteiger partial charge in [-0.25, -0.2) is 9.78 Å². The first-order chi connectivity index (χ1) is 9.58. The number of hydrogen-bond acceptors (Lipinski definition) is 4. The van der Waals surface area contributed by atoms with Crippen molar-refractivity contribution < 1.29 is 14.7 Å². The fourth-order valence-electron chi connectivity index (χ4n) is 3.59. The Morgan fingerprint density at radius 1 is 1.40 bits per heavy atom. The predicted octanol–water partition coefficient (Wildman–Crippen LogP) is 0.870. The number of pyridine rings is 1. The van der Waals surface area contributed by atoms with E-state index in [-0.39, 0.29) is 5.92 Å². The fourth-order valence-corrected chi connectivity index (χ4v) is 3.59. The Kier molecular flexibility index (Phi) is 3.08. The largest absolute Gasteiger partial charge is 0.480 e. The monoisotopic (exact) mass is 275 g/mol. The maximum absolute atomic E-state index is 11.6. The molecular formula is C14H17N3O3. The van der Waals surface area contributed by atoms with Gasteiger partial charge in [-0.05, 0) is 36.8 Å². The van der Waals surface area contributed by atoms with Crippen LogP contribution in [0.1, 0.15) is 29.6 Å². The number of carbonyl (C=O) groups excluding carboxylic acids is 1. The van der Waals surface area contributed by atoms with E-state index in [4.69, 9.17) is 5.73 Å². The molecular weight excluding hydrogens is 258 g/mol. The standard InChI is InChI=1S/C14H17N3O3/c15-13(18)8-4-5-16-11(6-8)17-7-9-2-1-3-10(9)12(17)14(19)20/h4-6,9-10,12H,1-3,7H2,(H2,15,18)(H,19,20). The summed E-state index contributed by atoms with van der Waals surface area (Å²) >= 11 is 0. The number of nitrogens with zero attached hydrogens (tertiary/aromatic N) is 2. The molecule has 3 N–H and O–H groups in total. The van der Waals surface area contributed by atoms with E-state index in [2.05, 4.69) is 4.98 Å². The highest BCUT2D eigenvalue weighted by Gasteiger charge is 2.48. The lowest BCUT2D eigenvalue weighted by Crippen LogP contribution is -2.40. The van der Waals surface area contributed by atoms with E-state index < -0.39 is 17.9 Å². The van der Waals surface area contributed by atoms with Crippen LogP contribution in [0.4, 0.5) is 5.82 Å². The molecule has 1 aliphatic heterocycles. The maximum Gasteiger partial charge on any atom is 0.326 e. The van der Waals surface area contributed by atoms with Crippen molar-refractivity contribution in [2.24, 2.45) is 17.6 Å². The van der Waals surface area contributed by atoms with Crippen LogP contribution in [-0.2, 0) is 4.79 Å². The molecule has 3 atom stereocenters. The molecule has 0 radical (unpaired) electrons. The molecule has 1 saturated heterocycles. The molecule has 20 heavy (non-hydrogen) atoms. The summed E-state index contributed by atoms with van der Waals surface area (Å²) in [4.78, 5) is 28.9. The Hall–Kier alpha value is -2.11. The van der Waals surface area contributed by atoms with Gasteiger partial charge >= 0.3 is 5.97 Å². The summed E-state index contributed by atoms with van der Waals surface area (Å²) in [5.74, 6) is -0.213. The number of primary amides is 1. The number of rotatable bonds is 3. The van der Waals surface area contributed by atoms with Crippen molar-refractivity contribution in [3.8, 4) is 0 Å². The highest BCUT2D eigenvalue weighted by molar-refractivity contribution is 5.93. The fraction of sp³-hybridized carbons (Fsp3) is 0.500. The van der Waals surface area contributed by atoms with Crippen LogP contribution in [0.5, 0.6) is 0 Å². The van der Waals surface area contributed by atoms with Gasteiger partial charge in [0, 0.05) is 18.3 Å². The third-order valence-corrected chi connectivity index (χ3v) is 4.47. The van der Waals surface area contributed by atoms with Crippen molar-refractivity contribution >= 4 is 17.7 Å². The molecule has 1 saturated carbocycles. The first kappa shape index (κ1) is 12.9. The second-order valence-corrected chi connectivity index (χ2v) is 5.56. The molecule has 1 aliphatic carbocycles. The first-order valence-electron chi connectivity index (χ1n) is 6.83. The lowest BCUT2D eigenvalue weighted by atomic mass is 9.94. The third-order valence-electron chi connectivity index (χ3n) is 4.47. The zero-order valence-electron chi connectivity index (χ0n) is 11.0. The molecule has 2 aliphatic rings. The minimum absolute atomic E-state index is 0.187. The van der Waals surface area contributed by atoms with Gasteiger partial charge in [0.15, 0.2) is 0 Å². The number of carboxylic acids is 1. The number of aliphatic carboxylic acids is 1. The van der Waals surface area contributed by atoms with Gasteiger partial charge in [0.05, 0.1) is 0 Å². The Labute approximate surface area is 116 Å². The first-order valence-corrected chi connectivity index (χ1v) is 6.83. The van der Waals surface area contributed by atoms with Gasteiger partial charge in [0.2, 0.25) is 5.91 Å². The van der Waals surface area contributed by atoms with Gasteiger partial charge in [-0.15, -0.1) is 0 Å². The molecule has 6 heteroatoms. The molecule has 6 nitrogen and oxygen atoms in total. The minimum atomic E-state index is -0.814. The number of anilines is 1. The molecule has 3 rings (SSSR count). The minimum Gasteiger partial charge on any atom is -0.480 e. The Morgan fingerprint density at radius 3 is 2.90 bits per heavy atom. The second-order valence-electron chi connectivity index (χ2n) is 5.56. The number of carbonyl (C=O) groups is 2. The Morgan fingerprint density at radius 2 is 2.20 bits per heavy atom. The van der Waals surface area contributed by atoms with E-state index in [1.54, 1.807) is 12.1 Å². The predicted molar refractivity (Wildman–Crippen MR) is 72.4 cm³/mol. The van der Waals surface area contributed by atoms with Crippen molar-refractivity contribution in [1.82, 2.24) is 4.98 Å². The quantitative estimate of drug-likeness (QED) is 0.853. The number of nitrogens with two attached hydrogens (primary N) is 1. The summed E-state index contributed by atoms with van der Waals surface area (Å²) < 4.78 is 0. The number of hydrogen-bond donors (Lipinski definition) is 2. The molecule has 1 aromatic rings. The lowest BCUT2D eigenvalue weighted by molar-refractivity contribution is -0.139. The summed E-state index contributed by atoms with van der Waals surface area (Å²) in [7, 11) is 0. The average Bonchev–Trinajstić information content (AvgIpc) is 2.97. The van der Waals surface area contributed by atoms with Crippen molar-refractivity contribution in [2.75, 3.05) is 11.4 Å². The van der Waals surface area contributed by atoms with E-state index in [0.29, 0.717) is 23.8 Å². The number of carboxylic acid groups (broad SMARTS) is 1. The zero-order chi connectivity index (χ0) is 14.3. The van der Waals surface area contributed by atoms with E-state index in [0.717, 1.165) is 19.3 Å². The van der Waals surface area contributed by atoms with Crippen molar-refractivity contribution in [2.45, 2.75) is 25.3 Å². The zero-order valence-corrected chi connectivity index (χ0v) is 11.0. The van der Waals surface area contributed by atoms with Crippen LogP contribution in [0.3, 0.4) is 0 Å². The van der Waals surface area contributed by atoms with Crippen LogP contribution < -0.4 is 10.6 Å². The van der Waals surface area contributed by atoms with Crippen molar-refractivity contribution in [3.05, 3.63) is 23.9 Å². The van der Waals surface area contributed by atoms with Gasteiger partial charge in [-0.2, -0.15) is 0 Å². The smallest absolute Gasteiger partial charge is 0.326 e. The normalized spacial score (nSPS) is 28.4. The van der Waals surface area contributed by atoms with Crippen molar-refractivity contribution in [1.29, 1.82) is 0 Å². The van der Waals surface area contributed by atoms with E-state index in [9.17, 15) is 14.7 Å². The van der Waals surface area contributed by atoms with Gasteiger partial charge in [-0.3, -0.25) is 4.79 Å². The number of aromatic nitrogens is 1. The molecule has 2 fully saturated rings. The molecule has 1 amide bonds. The summed E-state index contributed by atoms with van der Waals surface area (Å²) in [5, 5.41) is 9.51. The maximum atomic E-state index is 11.6. The van der Waals surface area contributed by atoms with Crippen LogP contribution in [0.2, 0.25) is 0 Å². The van der Waals surface area contributed by atoms with Crippen LogP contribution in [-0.4, -0.2) is 34.6 Å². The van der Waals surface area contributed by atoms with E-state index in [1.807, 2.05) is 4.90 Å².